The minimum atomic E-state index is -0.0183. The molecule has 1 aromatic carbocycles. The molecule has 1 saturated heterocycles. The summed E-state index contributed by atoms with van der Waals surface area (Å²) in [6, 6.07) is 5.96. The Morgan fingerprint density at radius 2 is 1.95 bits per heavy atom. The number of carbonyl (C=O) groups is 1. The van der Waals surface area contributed by atoms with Gasteiger partial charge in [-0.2, -0.15) is 0 Å². The maximum Gasteiger partial charge on any atom is 0.143 e. The van der Waals surface area contributed by atoms with Crippen molar-refractivity contribution in [3.8, 4) is 5.75 Å². The molecule has 3 heteroatoms. The highest BCUT2D eigenvalue weighted by Gasteiger charge is 2.41. The van der Waals surface area contributed by atoms with Crippen LogP contribution in [-0.2, 0) is 16.0 Å². The Labute approximate surface area is 121 Å². The summed E-state index contributed by atoms with van der Waals surface area (Å²) in [4.78, 5) is 12.6. The predicted octanol–water partition coefficient (Wildman–Crippen LogP) is 3.17. The molecule has 0 N–H and O–H groups in total. The average molecular weight is 276 g/mol. The number of hydrogen-bond donors (Lipinski definition) is 0. The number of methoxy groups -OCH3 is 1. The Morgan fingerprint density at radius 1 is 1.25 bits per heavy atom. The highest BCUT2D eigenvalue weighted by molar-refractivity contribution is 5.85. The standard InChI is InChI=1S/C17H24O3/c1-10-6-7-16(19-5)14(8-10)9-15(18)17-11(2)12(3)20-13(17)4/h6-8,11-13,17H,9H2,1-5H3. The lowest BCUT2D eigenvalue weighted by Crippen LogP contribution is -2.28. The number of aryl methyl sites for hydroxylation is 1. The molecule has 4 unspecified atom stereocenters. The van der Waals surface area contributed by atoms with Crippen LogP contribution in [0.15, 0.2) is 18.2 Å². The zero-order valence-corrected chi connectivity index (χ0v) is 13.0. The van der Waals surface area contributed by atoms with Gasteiger partial charge in [-0.15, -0.1) is 0 Å². The first-order valence-electron chi connectivity index (χ1n) is 7.25. The normalized spacial score (nSPS) is 29.4. The number of ketones is 1. The predicted molar refractivity (Wildman–Crippen MR) is 79.1 cm³/mol. The van der Waals surface area contributed by atoms with Gasteiger partial charge in [0.05, 0.1) is 19.3 Å². The van der Waals surface area contributed by atoms with Gasteiger partial charge in [0.25, 0.3) is 0 Å². The van der Waals surface area contributed by atoms with Crippen LogP contribution < -0.4 is 4.74 Å². The summed E-state index contributed by atoms with van der Waals surface area (Å²) in [7, 11) is 1.64. The fraction of sp³-hybridized carbons (Fsp3) is 0.588. The Kier molecular flexibility index (Phi) is 4.48. The fourth-order valence-corrected chi connectivity index (χ4v) is 3.17. The first-order valence-corrected chi connectivity index (χ1v) is 7.25. The van der Waals surface area contributed by atoms with Crippen LogP contribution >= 0.6 is 0 Å². The summed E-state index contributed by atoms with van der Waals surface area (Å²) >= 11 is 0. The molecule has 0 spiro atoms. The van der Waals surface area contributed by atoms with Gasteiger partial charge < -0.3 is 9.47 Å². The summed E-state index contributed by atoms with van der Waals surface area (Å²) in [5.74, 6) is 1.29. The molecule has 0 saturated carbocycles. The van der Waals surface area contributed by atoms with Gasteiger partial charge in [-0.3, -0.25) is 4.79 Å². The quantitative estimate of drug-likeness (QED) is 0.847. The smallest absolute Gasteiger partial charge is 0.143 e. The number of rotatable bonds is 4. The third-order valence-electron chi connectivity index (χ3n) is 4.41. The van der Waals surface area contributed by atoms with E-state index in [0.29, 0.717) is 6.42 Å². The number of benzene rings is 1. The van der Waals surface area contributed by atoms with E-state index in [1.54, 1.807) is 7.11 Å². The van der Waals surface area contributed by atoms with Crippen molar-refractivity contribution in [1.29, 1.82) is 0 Å². The van der Waals surface area contributed by atoms with E-state index >= 15 is 0 Å². The summed E-state index contributed by atoms with van der Waals surface area (Å²) in [6.07, 6.45) is 0.571. The lowest BCUT2D eigenvalue weighted by molar-refractivity contribution is -0.124. The van der Waals surface area contributed by atoms with Gasteiger partial charge in [-0.1, -0.05) is 24.6 Å². The minimum absolute atomic E-state index is 0.00306. The maximum absolute atomic E-state index is 12.6. The van der Waals surface area contributed by atoms with Gasteiger partial charge in [0.2, 0.25) is 0 Å². The molecule has 0 radical (unpaired) electrons. The number of ether oxygens (including phenoxy) is 2. The lowest BCUT2D eigenvalue weighted by Gasteiger charge is -2.18. The van der Waals surface area contributed by atoms with Crippen molar-refractivity contribution in [3.05, 3.63) is 29.3 Å². The topological polar surface area (TPSA) is 35.5 Å². The summed E-state index contributed by atoms with van der Waals surface area (Å²) < 4.78 is 11.1. The third kappa shape index (κ3) is 2.88. The SMILES string of the molecule is COc1ccc(C)cc1CC(=O)C1C(C)OC(C)C1C. The zero-order valence-electron chi connectivity index (χ0n) is 13.0. The number of hydrogen-bond acceptors (Lipinski definition) is 3. The molecule has 0 bridgehead atoms. The molecular weight excluding hydrogens is 252 g/mol. The van der Waals surface area contributed by atoms with E-state index in [4.69, 9.17) is 9.47 Å². The van der Waals surface area contributed by atoms with E-state index in [0.717, 1.165) is 16.9 Å². The van der Waals surface area contributed by atoms with Gasteiger partial charge >= 0.3 is 0 Å². The molecular formula is C17H24O3. The van der Waals surface area contributed by atoms with Gasteiger partial charge in [-0.25, -0.2) is 0 Å². The second-order valence-corrected chi connectivity index (χ2v) is 5.89. The first kappa shape index (κ1) is 15.0. The largest absolute Gasteiger partial charge is 0.496 e. The molecule has 1 aromatic rings. The summed E-state index contributed by atoms with van der Waals surface area (Å²) in [5.41, 5.74) is 2.11. The van der Waals surface area contributed by atoms with Gasteiger partial charge in [0.1, 0.15) is 11.5 Å². The van der Waals surface area contributed by atoms with Crippen LogP contribution in [0.2, 0.25) is 0 Å². The van der Waals surface area contributed by atoms with E-state index in [9.17, 15) is 4.79 Å². The van der Waals surface area contributed by atoms with Crippen LogP contribution in [-0.4, -0.2) is 25.1 Å². The van der Waals surface area contributed by atoms with Crippen LogP contribution in [0, 0.1) is 18.8 Å². The van der Waals surface area contributed by atoms with Crippen molar-refractivity contribution in [2.45, 2.75) is 46.3 Å². The second kappa shape index (κ2) is 5.96. The molecule has 4 atom stereocenters. The Morgan fingerprint density at radius 3 is 2.50 bits per heavy atom. The summed E-state index contributed by atoms with van der Waals surface area (Å²) in [5, 5.41) is 0. The molecule has 20 heavy (non-hydrogen) atoms. The van der Waals surface area contributed by atoms with Crippen LogP contribution in [0.3, 0.4) is 0 Å². The maximum atomic E-state index is 12.6. The number of carbonyl (C=O) groups excluding carboxylic acids is 1. The van der Waals surface area contributed by atoms with Crippen molar-refractivity contribution in [1.82, 2.24) is 0 Å². The molecule has 1 aliphatic heterocycles. The molecule has 110 valence electrons. The van der Waals surface area contributed by atoms with E-state index in [-0.39, 0.29) is 29.8 Å². The van der Waals surface area contributed by atoms with Crippen LogP contribution in [0.25, 0.3) is 0 Å². The zero-order chi connectivity index (χ0) is 14.9. The van der Waals surface area contributed by atoms with Crippen LogP contribution in [0.4, 0.5) is 0 Å². The molecule has 0 aromatic heterocycles. The van der Waals surface area contributed by atoms with Crippen LogP contribution in [0.1, 0.15) is 31.9 Å². The number of Topliss-reactive ketones (excluding diaryl/α,β-unsaturated/α-hetero) is 1. The second-order valence-electron chi connectivity index (χ2n) is 5.89. The molecule has 1 aliphatic rings. The van der Waals surface area contributed by atoms with E-state index in [1.807, 2.05) is 39.0 Å². The van der Waals surface area contributed by atoms with Crippen molar-refractivity contribution < 1.29 is 14.3 Å². The molecule has 3 nitrogen and oxygen atoms in total. The molecule has 1 fully saturated rings. The molecule has 1 heterocycles. The minimum Gasteiger partial charge on any atom is -0.496 e. The lowest BCUT2D eigenvalue weighted by atomic mass is 9.83. The van der Waals surface area contributed by atoms with Crippen molar-refractivity contribution in [3.63, 3.8) is 0 Å². The molecule has 2 rings (SSSR count). The average Bonchev–Trinajstić information content (AvgIpc) is 2.63. The fourth-order valence-electron chi connectivity index (χ4n) is 3.17. The Bertz CT molecular complexity index is 495. The molecule has 0 aliphatic carbocycles. The van der Waals surface area contributed by atoms with Crippen molar-refractivity contribution >= 4 is 5.78 Å². The Balaban J connectivity index is 2.18. The van der Waals surface area contributed by atoms with Gasteiger partial charge in [0.15, 0.2) is 0 Å². The Hall–Kier alpha value is -1.35. The first-order chi connectivity index (χ1) is 9.43. The van der Waals surface area contributed by atoms with Crippen molar-refractivity contribution in [2.24, 2.45) is 11.8 Å². The highest BCUT2D eigenvalue weighted by Crippen LogP contribution is 2.34. The third-order valence-corrected chi connectivity index (χ3v) is 4.41. The molecule has 0 amide bonds. The van der Waals surface area contributed by atoms with E-state index in [2.05, 4.69) is 6.92 Å². The van der Waals surface area contributed by atoms with E-state index in [1.165, 1.54) is 0 Å². The summed E-state index contributed by atoms with van der Waals surface area (Å²) in [6.45, 7) is 8.17. The van der Waals surface area contributed by atoms with Gasteiger partial charge in [-0.05, 0) is 32.8 Å². The van der Waals surface area contributed by atoms with E-state index < -0.39 is 0 Å². The van der Waals surface area contributed by atoms with Crippen molar-refractivity contribution in [2.75, 3.05) is 7.11 Å². The monoisotopic (exact) mass is 276 g/mol. The van der Waals surface area contributed by atoms with Gasteiger partial charge in [0, 0.05) is 17.9 Å². The highest BCUT2D eigenvalue weighted by atomic mass is 16.5. The van der Waals surface area contributed by atoms with Crippen LogP contribution in [0.5, 0.6) is 5.75 Å².